The lowest BCUT2D eigenvalue weighted by Crippen LogP contribution is -2.33. The van der Waals surface area contributed by atoms with E-state index in [1.165, 1.54) is 25.9 Å². The Kier molecular flexibility index (Phi) is 17.9. The van der Waals surface area contributed by atoms with Crippen molar-refractivity contribution in [3.63, 3.8) is 0 Å². The number of hydrogen-bond acceptors (Lipinski definition) is 2. The Labute approximate surface area is 127 Å². The molecule has 0 aromatic heterocycles. The van der Waals surface area contributed by atoms with Crippen LogP contribution in [-0.4, -0.2) is 48.4 Å². The topological polar surface area (TPSA) is 23.6 Å². The van der Waals surface area contributed by atoms with E-state index in [1.807, 2.05) is 32.6 Å². The molecule has 1 aliphatic heterocycles. The van der Waals surface area contributed by atoms with E-state index >= 15 is 0 Å². The van der Waals surface area contributed by atoms with Gasteiger partial charge in [0.25, 0.3) is 0 Å². The average Bonchev–Trinajstić information content (AvgIpc) is 3.00. The summed E-state index contributed by atoms with van der Waals surface area (Å²) in [6, 6.07) is 0. The first-order valence-electron chi connectivity index (χ1n) is 8.72. The molecule has 0 unspecified atom stereocenters. The highest BCUT2D eigenvalue weighted by molar-refractivity contribution is 5.73. The van der Waals surface area contributed by atoms with E-state index in [1.54, 1.807) is 6.92 Å². The molecule has 0 saturated carbocycles. The number of hydrogen-bond donors (Lipinski definition) is 0. The van der Waals surface area contributed by atoms with Crippen molar-refractivity contribution < 1.29 is 4.79 Å². The standard InChI is InChI=1S/C13H26N2O.2C2H6/c1-3-4-11-15(13(2)16)12-7-10-14-8-5-6-9-14;2*1-2/h3-12H2,1-2H3;2*1-2H3. The van der Waals surface area contributed by atoms with Crippen LogP contribution in [0.4, 0.5) is 0 Å². The minimum atomic E-state index is 0.231. The Morgan fingerprint density at radius 1 is 1.00 bits per heavy atom. The third-order valence-electron chi connectivity index (χ3n) is 3.33. The minimum Gasteiger partial charge on any atom is -0.343 e. The van der Waals surface area contributed by atoms with Gasteiger partial charge >= 0.3 is 0 Å². The fraction of sp³-hybridized carbons (Fsp3) is 0.941. The van der Waals surface area contributed by atoms with Crippen molar-refractivity contribution in [2.45, 2.75) is 73.6 Å². The third kappa shape index (κ3) is 11.3. The molecule has 0 N–H and O–H groups in total. The molecule has 1 aliphatic rings. The number of carbonyl (C=O) groups excluding carboxylic acids is 1. The van der Waals surface area contributed by atoms with Gasteiger partial charge in [-0.2, -0.15) is 0 Å². The molecule has 0 aromatic rings. The van der Waals surface area contributed by atoms with Gasteiger partial charge in [0, 0.05) is 20.0 Å². The van der Waals surface area contributed by atoms with Crippen LogP contribution in [0, 0.1) is 0 Å². The highest BCUT2D eigenvalue weighted by Crippen LogP contribution is 2.08. The van der Waals surface area contributed by atoms with Crippen LogP contribution in [-0.2, 0) is 4.79 Å². The van der Waals surface area contributed by atoms with E-state index in [4.69, 9.17) is 0 Å². The Morgan fingerprint density at radius 3 is 1.95 bits per heavy atom. The molecule has 1 saturated heterocycles. The van der Waals surface area contributed by atoms with Crippen molar-refractivity contribution in [2.75, 3.05) is 32.7 Å². The third-order valence-corrected chi connectivity index (χ3v) is 3.33. The van der Waals surface area contributed by atoms with Gasteiger partial charge < -0.3 is 9.80 Å². The van der Waals surface area contributed by atoms with Gasteiger partial charge in [-0.15, -0.1) is 0 Å². The molecule has 3 nitrogen and oxygen atoms in total. The summed E-state index contributed by atoms with van der Waals surface area (Å²) in [5.74, 6) is 0.231. The predicted octanol–water partition coefficient (Wildman–Crippen LogP) is 4.17. The van der Waals surface area contributed by atoms with Crippen molar-refractivity contribution in [3.05, 3.63) is 0 Å². The molecule has 0 bridgehead atoms. The number of likely N-dealkylation sites (tertiary alicyclic amines) is 1. The molecule has 20 heavy (non-hydrogen) atoms. The zero-order valence-electron chi connectivity index (χ0n) is 14.9. The van der Waals surface area contributed by atoms with E-state index in [0.717, 1.165) is 38.9 Å². The number of unbranched alkanes of at least 4 members (excludes halogenated alkanes) is 1. The fourth-order valence-electron chi connectivity index (χ4n) is 2.27. The first-order chi connectivity index (χ1) is 9.74. The second-order valence-electron chi connectivity index (χ2n) is 4.76. The highest BCUT2D eigenvalue weighted by atomic mass is 16.2. The van der Waals surface area contributed by atoms with Crippen molar-refractivity contribution in [1.29, 1.82) is 0 Å². The largest absolute Gasteiger partial charge is 0.343 e. The molecular weight excluding hydrogens is 248 g/mol. The summed E-state index contributed by atoms with van der Waals surface area (Å²) >= 11 is 0. The summed E-state index contributed by atoms with van der Waals surface area (Å²) in [5, 5.41) is 0. The molecule has 0 radical (unpaired) electrons. The zero-order chi connectivity index (χ0) is 15.8. The Bertz CT molecular complexity index is 201. The maximum atomic E-state index is 11.4. The summed E-state index contributed by atoms with van der Waals surface area (Å²) in [6.45, 7) is 17.4. The molecule has 0 atom stereocenters. The van der Waals surface area contributed by atoms with Crippen LogP contribution in [0.15, 0.2) is 0 Å². The lowest BCUT2D eigenvalue weighted by molar-refractivity contribution is -0.129. The van der Waals surface area contributed by atoms with Crippen LogP contribution in [0.1, 0.15) is 73.6 Å². The molecule has 1 fully saturated rings. The molecule has 0 aliphatic carbocycles. The molecule has 1 rings (SSSR count). The van der Waals surface area contributed by atoms with Gasteiger partial charge in [0.15, 0.2) is 0 Å². The van der Waals surface area contributed by atoms with Crippen LogP contribution in [0.25, 0.3) is 0 Å². The van der Waals surface area contributed by atoms with Crippen LogP contribution in [0.2, 0.25) is 0 Å². The number of rotatable bonds is 7. The monoisotopic (exact) mass is 286 g/mol. The van der Waals surface area contributed by atoms with E-state index in [9.17, 15) is 4.79 Å². The van der Waals surface area contributed by atoms with Gasteiger partial charge in [0.2, 0.25) is 5.91 Å². The lowest BCUT2D eigenvalue weighted by atomic mass is 10.3. The Morgan fingerprint density at radius 2 is 1.50 bits per heavy atom. The van der Waals surface area contributed by atoms with E-state index in [-0.39, 0.29) is 5.91 Å². The zero-order valence-corrected chi connectivity index (χ0v) is 14.9. The van der Waals surface area contributed by atoms with Gasteiger partial charge in [0.05, 0.1) is 0 Å². The second kappa shape index (κ2) is 16.5. The normalized spacial score (nSPS) is 13.9. The van der Waals surface area contributed by atoms with Crippen molar-refractivity contribution >= 4 is 5.91 Å². The molecule has 0 spiro atoms. The smallest absolute Gasteiger partial charge is 0.219 e. The van der Waals surface area contributed by atoms with Crippen molar-refractivity contribution in [1.82, 2.24) is 9.80 Å². The molecular formula is C17H38N2O. The molecule has 1 amide bonds. The van der Waals surface area contributed by atoms with Gasteiger partial charge in [-0.1, -0.05) is 41.0 Å². The van der Waals surface area contributed by atoms with Crippen LogP contribution in [0.3, 0.4) is 0 Å². The Hall–Kier alpha value is -0.570. The maximum absolute atomic E-state index is 11.4. The fourth-order valence-corrected chi connectivity index (χ4v) is 2.27. The summed E-state index contributed by atoms with van der Waals surface area (Å²) in [5.41, 5.74) is 0. The number of amides is 1. The average molecular weight is 287 g/mol. The maximum Gasteiger partial charge on any atom is 0.219 e. The van der Waals surface area contributed by atoms with E-state index in [0.29, 0.717) is 0 Å². The van der Waals surface area contributed by atoms with Gasteiger partial charge in [-0.25, -0.2) is 0 Å². The predicted molar refractivity (Wildman–Crippen MR) is 90.1 cm³/mol. The summed E-state index contributed by atoms with van der Waals surface area (Å²) in [4.78, 5) is 15.9. The lowest BCUT2D eigenvalue weighted by Gasteiger charge is -2.22. The quantitative estimate of drug-likeness (QED) is 0.701. The second-order valence-corrected chi connectivity index (χ2v) is 4.76. The molecule has 1 heterocycles. The summed E-state index contributed by atoms with van der Waals surface area (Å²) < 4.78 is 0. The van der Waals surface area contributed by atoms with Crippen LogP contribution < -0.4 is 0 Å². The van der Waals surface area contributed by atoms with Crippen molar-refractivity contribution in [2.24, 2.45) is 0 Å². The number of carbonyl (C=O) groups is 1. The molecule has 122 valence electrons. The first kappa shape index (κ1) is 21.7. The minimum absolute atomic E-state index is 0.231. The molecule has 3 heteroatoms. The van der Waals surface area contributed by atoms with Crippen LogP contribution >= 0.6 is 0 Å². The first-order valence-corrected chi connectivity index (χ1v) is 8.72. The summed E-state index contributed by atoms with van der Waals surface area (Å²) in [7, 11) is 0. The van der Waals surface area contributed by atoms with Gasteiger partial charge in [0.1, 0.15) is 0 Å². The van der Waals surface area contributed by atoms with Crippen molar-refractivity contribution in [3.8, 4) is 0 Å². The van der Waals surface area contributed by atoms with E-state index in [2.05, 4.69) is 11.8 Å². The summed E-state index contributed by atoms with van der Waals surface area (Å²) in [6.07, 6.45) is 6.13. The SMILES string of the molecule is CC.CC.CCCCN(CCCN1CCCC1)C(C)=O. The van der Waals surface area contributed by atoms with E-state index < -0.39 is 0 Å². The van der Waals surface area contributed by atoms with Crippen LogP contribution in [0.5, 0.6) is 0 Å². The number of nitrogens with zero attached hydrogens (tertiary/aromatic N) is 2. The molecule has 0 aromatic carbocycles. The highest BCUT2D eigenvalue weighted by Gasteiger charge is 2.12. The Balaban J connectivity index is 0. The van der Waals surface area contributed by atoms with Gasteiger partial charge in [-0.05, 0) is 45.3 Å². The van der Waals surface area contributed by atoms with Gasteiger partial charge in [-0.3, -0.25) is 4.79 Å².